The highest BCUT2D eigenvalue weighted by atomic mass is 32.2. The number of ether oxygens (including phenoxy) is 2. The van der Waals surface area contributed by atoms with Crippen molar-refractivity contribution in [2.75, 3.05) is 25.3 Å². The van der Waals surface area contributed by atoms with Gasteiger partial charge in [0.25, 0.3) is 0 Å². The summed E-state index contributed by atoms with van der Waals surface area (Å²) in [4.78, 5) is 12.3. The van der Waals surface area contributed by atoms with E-state index in [0.29, 0.717) is 29.0 Å². The molecule has 0 saturated carbocycles. The second-order valence-corrected chi connectivity index (χ2v) is 6.95. The molecule has 1 aromatic heterocycles. The summed E-state index contributed by atoms with van der Waals surface area (Å²) in [7, 11) is 3.21. The SMILES string of the molecule is C=CCn1c(SCC(=O)Nc2cccc(OC)c2)nnc1-c1cccc(OC)c1. The van der Waals surface area contributed by atoms with Crippen molar-refractivity contribution < 1.29 is 14.3 Å². The van der Waals surface area contributed by atoms with Gasteiger partial charge in [0.05, 0.1) is 20.0 Å². The van der Waals surface area contributed by atoms with Crippen molar-refractivity contribution in [1.82, 2.24) is 14.8 Å². The number of nitrogens with zero attached hydrogens (tertiary/aromatic N) is 3. The molecular weight excluding hydrogens is 388 g/mol. The molecule has 0 aliphatic heterocycles. The Hall–Kier alpha value is -3.26. The Bertz CT molecular complexity index is 1000. The van der Waals surface area contributed by atoms with Crippen molar-refractivity contribution in [2.24, 2.45) is 0 Å². The molecule has 3 rings (SSSR count). The van der Waals surface area contributed by atoms with Gasteiger partial charge in [-0.3, -0.25) is 9.36 Å². The molecule has 1 N–H and O–H groups in total. The summed E-state index contributed by atoms with van der Waals surface area (Å²) in [5.74, 6) is 2.18. The number of amides is 1. The summed E-state index contributed by atoms with van der Waals surface area (Å²) in [5.41, 5.74) is 1.56. The quantitative estimate of drug-likeness (QED) is 0.426. The minimum Gasteiger partial charge on any atom is -0.497 e. The van der Waals surface area contributed by atoms with Gasteiger partial charge in [0.2, 0.25) is 5.91 Å². The van der Waals surface area contributed by atoms with Crippen LogP contribution in [0.3, 0.4) is 0 Å². The number of aromatic nitrogens is 3. The van der Waals surface area contributed by atoms with Crippen molar-refractivity contribution in [3.63, 3.8) is 0 Å². The van der Waals surface area contributed by atoms with Crippen LogP contribution in [0.5, 0.6) is 11.5 Å². The van der Waals surface area contributed by atoms with Crippen LogP contribution in [0.25, 0.3) is 11.4 Å². The van der Waals surface area contributed by atoms with Gasteiger partial charge in [0, 0.05) is 23.9 Å². The molecule has 0 fully saturated rings. The summed E-state index contributed by atoms with van der Waals surface area (Å²) in [6, 6.07) is 14.8. The highest BCUT2D eigenvalue weighted by Gasteiger charge is 2.15. The van der Waals surface area contributed by atoms with Gasteiger partial charge in [-0.25, -0.2) is 0 Å². The molecule has 0 unspecified atom stereocenters. The summed E-state index contributed by atoms with van der Waals surface area (Å²) < 4.78 is 12.4. The molecule has 1 amide bonds. The molecule has 0 spiro atoms. The van der Waals surface area contributed by atoms with Crippen LogP contribution < -0.4 is 14.8 Å². The first-order chi connectivity index (χ1) is 14.1. The molecule has 3 aromatic rings. The number of hydrogen-bond donors (Lipinski definition) is 1. The fourth-order valence-electron chi connectivity index (χ4n) is 2.69. The van der Waals surface area contributed by atoms with Gasteiger partial charge in [-0.05, 0) is 24.3 Å². The Kier molecular flexibility index (Phi) is 6.91. The lowest BCUT2D eigenvalue weighted by atomic mass is 10.2. The first kappa shape index (κ1) is 20.5. The maximum atomic E-state index is 12.3. The molecule has 7 nitrogen and oxygen atoms in total. The van der Waals surface area contributed by atoms with E-state index in [-0.39, 0.29) is 11.7 Å². The zero-order valence-corrected chi connectivity index (χ0v) is 17.1. The smallest absolute Gasteiger partial charge is 0.234 e. The number of anilines is 1. The number of hydrogen-bond acceptors (Lipinski definition) is 6. The van der Waals surface area contributed by atoms with Crippen molar-refractivity contribution in [3.05, 3.63) is 61.2 Å². The fourth-order valence-corrected chi connectivity index (χ4v) is 3.44. The van der Waals surface area contributed by atoms with Crippen LogP contribution in [0.2, 0.25) is 0 Å². The highest BCUT2D eigenvalue weighted by molar-refractivity contribution is 7.99. The summed E-state index contributed by atoms with van der Waals surface area (Å²) in [6.45, 7) is 4.34. The van der Waals surface area contributed by atoms with Crippen molar-refractivity contribution >= 4 is 23.4 Å². The second kappa shape index (κ2) is 9.79. The van der Waals surface area contributed by atoms with Gasteiger partial charge in [-0.1, -0.05) is 36.0 Å². The van der Waals surface area contributed by atoms with Gasteiger partial charge in [-0.15, -0.1) is 16.8 Å². The Balaban J connectivity index is 1.72. The molecule has 1 heterocycles. The maximum absolute atomic E-state index is 12.3. The number of carbonyl (C=O) groups is 1. The molecule has 0 bridgehead atoms. The normalized spacial score (nSPS) is 10.4. The molecule has 29 heavy (non-hydrogen) atoms. The summed E-state index contributed by atoms with van der Waals surface area (Å²) >= 11 is 1.32. The van der Waals surface area contributed by atoms with E-state index in [1.807, 2.05) is 47.0 Å². The lowest BCUT2D eigenvalue weighted by Crippen LogP contribution is -2.14. The van der Waals surface area contributed by atoms with E-state index in [1.54, 1.807) is 26.4 Å². The zero-order chi connectivity index (χ0) is 20.6. The average molecular weight is 410 g/mol. The Labute approximate surface area is 173 Å². The van der Waals surface area contributed by atoms with E-state index in [2.05, 4.69) is 22.1 Å². The molecule has 0 saturated heterocycles. The van der Waals surface area contributed by atoms with E-state index in [1.165, 1.54) is 11.8 Å². The lowest BCUT2D eigenvalue weighted by Gasteiger charge is -2.09. The molecule has 0 atom stereocenters. The Morgan fingerprint density at radius 1 is 1.14 bits per heavy atom. The van der Waals surface area contributed by atoms with Crippen molar-refractivity contribution in [1.29, 1.82) is 0 Å². The van der Waals surface area contributed by atoms with Crippen LogP contribution in [0.1, 0.15) is 0 Å². The van der Waals surface area contributed by atoms with E-state index in [9.17, 15) is 4.79 Å². The zero-order valence-electron chi connectivity index (χ0n) is 16.3. The number of allylic oxidation sites excluding steroid dienone is 1. The molecule has 0 radical (unpaired) electrons. The molecule has 0 aliphatic carbocycles. The van der Waals surface area contributed by atoms with Crippen LogP contribution in [0.15, 0.2) is 66.3 Å². The largest absolute Gasteiger partial charge is 0.497 e. The minimum atomic E-state index is -0.140. The number of thioether (sulfide) groups is 1. The van der Waals surface area contributed by atoms with Crippen LogP contribution >= 0.6 is 11.8 Å². The van der Waals surface area contributed by atoms with E-state index in [4.69, 9.17) is 9.47 Å². The van der Waals surface area contributed by atoms with Gasteiger partial charge in [-0.2, -0.15) is 0 Å². The third kappa shape index (κ3) is 5.17. The first-order valence-corrected chi connectivity index (χ1v) is 9.88. The predicted octanol–water partition coefficient (Wildman–Crippen LogP) is 3.88. The average Bonchev–Trinajstić information content (AvgIpc) is 3.15. The minimum absolute atomic E-state index is 0.140. The number of methoxy groups -OCH3 is 2. The van der Waals surface area contributed by atoms with Crippen LogP contribution in [-0.4, -0.2) is 40.6 Å². The third-order valence-corrected chi connectivity index (χ3v) is 5.01. The molecule has 2 aromatic carbocycles. The first-order valence-electron chi connectivity index (χ1n) is 8.90. The molecular formula is C21H22N4O3S. The van der Waals surface area contributed by atoms with E-state index >= 15 is 0 Å². The molecule has 150 valence electrons. The lowest BCUT2D eigenvalue weighted by molar-refractivity contribution is -0.113. The van der Waals surface area contributed by atoms with Crippen molar-refractivity contribution in [2.45, 2.75) is 11.7 Å². The number of rotatable bonds is 9. The maximum Gasteiger partial charge on any atom is 0.234 e. The fraction of sp³-hybridized carbons (Fsp3) is 0.190. The van der Waals surface area contributed by atoms with Crippen LogP contribution in [0.4, 0.5) is 5.69 Å². The van der Waals surface area contributed by atoms with Crippen molar-refractivity contribution in [3.8, 4) is 22.9 Å². The third-order valence-electron chi connectivity index (χ3n) is 4.04. The monoisotopic (exact) mass is 410 g/mol. The number of carbonyl (C=O) groups excluding carboxylic acids is 1. The standard InChI is InChI=1S/C21H22N4O3S/c1-4-11-25-20(15-7-5-9-17(12-15)27-2)23-24-21(25)29-14-19(26)22-16-8-6-10-18(13-16)28-3/h4-10,12-13H,1,11,14H2,2-3H3,(H,22,26). The van der Waals surface area contributed by atoms with Gasteiger partial charge >= 0.3 is 0 Å². The molecule has 0 aliphatic rings. The van der Waals surface area contributed by atoms with Crippen LogP contribution in [-0.2, 0) is 11.3 Å². The van der Waals surface area contributed by atoms with Gasteiger partial charge in [0.1, 0.15) is 11.5 Å². The second-order valence-electron chi connectivity index (χ2n) is 6.01. The van der Waals surface area contributed by atoms with E-state index < -0.39 is 0 Å². The highest BCUT2D eigenvalue weighted by Crippen LogP contribution is 2.27. The van der Waals surface area contributed by atoms with E-state index in [0.717, 1.165) is 11.3 Å². The van der Waals surface area contributed by atoms with Gasteiger partial charge < -0.3 is 14.8 Å². The summed E-state index contributed by atoms with van der Waals surface area (Å²) in [6.07, 6.45) is 1.77. The number of nitrogens with one attached hydrogen (secondary N) is 1. The van der Waals surface area contributed by atoms with Gasteiger partial charge in [0.15, 0.2) is 11.0 Å². The Morgan fingerprint density at radius 3 is 2.59 bits per heavy atom. The topological polar surface area (TPSA) is 78.3 Å². The molecule has 8 heteroatoms. The number of benzene rings is 2. The Morgan fingerprint density at radius 2 is 1.86 bits per heavy atom. The predicted molar refractivity (Wildman–Crippen MR) is 115 cm³/mol. The van der Waals surface area contributed by atoms with Crippen LogP contribution in [0, 0.1) is 0 Å². The summed E-state index contributed by atoms with van der Waals surface area (Å²) in [5, 5.41) is 12.1.